The first-order valence-electron chi connectivity index (χ1n) is 6.55. The molecule has 0 heterocycles. The van der Waals surface area contributed by atoms with E-state index >= 15 is 0 Å². The molecule has 2 aromatic rings. The first kappa shape index (κ1) is 14.7. The minimum absolute atomic E-state index is 0.0174. The fourth-order valence-corrected chi connectivity index (χ4v) is 2.14. The second kappa shape index (κ2) is 5.75. The molecule has 5 heteroatoms. The van der Waals surface area contributed by atoms with Crippen molar-refractivity contribution in [2.75, 3.05) is 12.8 Å². The minimum Gasteiger partial charge on any atom is -0.508 e. The van der Waals surface area contributed by atoms with Crippen LogP contribution in [0.15, 0.2) is 42.5 Å². The molecule has 0 aromatic heterocycles. The zero-order valence-corrected chi connectivity index (χ0v) is 11.9. The predicted octanol–water partition coefficient (Wildman–Crippen LogP) is 2.51. The zero-order valence-electron chi connectivity index (χ0n) is 11.9. The summed E-state index contributed by atoms with van der Waals surface area (Å²) in [5.41, 5.74) is 6.97. The summed E-state index contributed by atoms with van der Waals surface area (Å²) in [7, 11) is 1.63. The maximum Gasteiger partial charge on any atom is 0.256 e. The van der Waals surface area contributed by atoms with Crippen molar-refractivity contribution in [3.63, 3.8) is 0 Å². The van der Waals surface area contributed by atoms with Gasteiger partial charge in [-0.15, -0.1) is 0 Å². The van der Waals surface area contributed by atoms with Crippen LogP contribution in [0.4, 0.5) is 5.69 Å². The van der Waals surface area contributed by atoms with Crippen LogP contribution in [0, 0.1) is 0 Å². The Bertz CT molecular complexity index is 670. The summed E-state index contributed by atoms with van der Waals surface area (Å²) < 4.78 is 0. The third kappa shape index (κ3) is 2.91. The molecule has 2 rings (SSSR count). The highest BCUT2D eigenvalue weighted by Gasteiger charge is 2.22. The van der Waals surface area contributed by atoms with Crippen LogP contribution in [0.25, 0.3) is 0 Å². The molecule has 0 aliphatic carbocycles. The summed E-state index contributed by atoms with van der Waals surface area (Å²) in [6.07, 6.45) is 0. The van der Waals surface area contributed by atoms with Gasteiger partial charge in [0.05, 0.1) is 11.6 Å². The molecule has 1 amide bonds. The molecule has 110 valence electrons. The van der Waals surface area contributed by atoms with Gasteiger partial charge in [0.15, 0.2) is 0 Å². The van der Waals surface area contributed by atoms with E-state index in [1.54, 1.807) is 31.3 Å². The lowest BCUT2D eigenvalue weighted by Crippen LogP contribution is -2.30. The van der Waals surface area contributed by atoms with Crippen LogP contribution in [0.3, 0.4) is 0 Å². The molecule has 0 saturated heterocycles. The van der Waals surface area contributed by atoms with E-state index in [4.69, 9.17) is 5.73 Å². The van der Waals surface area contributed by atoms with Crippen LogP contribution in [0.1, 0.15) is 28.9 Å². The number of nitrogens with zero attached hydrogens (tertiary/aromatic N) is 1. The van der Waals surface area contributed by atoms with Crippen LogP contribution in [0.2, 0.25) is 0 Å². The number of carbonyl (C=O) groups is 1. The summed E-state index contributed by atoms with van der Waals surface area (Å²) in [5, 5.41) is 19.4. The lowest BCUT2D eigenvalue weighted by Gasteiger charge is -2.26. The molecular formula is C16H18N2O3. The number of phenols is 2. The zero-order chi connectivity index (χ0) is 15.6. The third-order valence-corrected chi connectivity index (χ3v) is 3.56. The normalized spacial score (nSPS) is 11.9. The molecule has 5 nitrogen and oxygen atoms in total. The van der Waals surface area contributed by atoms with Gasteiger partial charge in [0, 0.05) is 18.3 Å². The molecule has 0 spiro atoms. The van der Waals surface area contributed by atoms with E-state index in [0.717, 1.165) is 0 Å². The number of amides is 1. The average molecular weight is 286 g/mol. The summed E-state index contributed by atoms with van der Waals surface area (Å²) in [4.78, 5) is 14.0. The van der Waals surface area contributed by atoms with Crippen LogP contribution in [0.5, 0.6) is 11.5 Å². The Balaban J connectivity index is 2.31. The predicted molar refractivity (Wildman–Crippen MR) is 81.1 cm³/mol. The Morgan fingerprint density at radius 1 is 1.19 bits per heavy atom. The van der Waals surface area contributed by atoms with E-state index < -0.39 is 0 Å². The first-order valence-corrected chi connectivity index (χ1v) is 6.55. The molecule has 0 aliphatic rings. The van der Waals surface area contributed by atoms with Crippen molar-refractivity contribution in [1.29, 1.82) is 0 Å². The molecular weight excluding hydrogens is 268 g/mol. The first-order chi connectivity index (χ1) is 9.91. The third-order valence-electron chi connectivity index (χ3n) is 3.56. The minimum atomic E-state index is -0.333. The number of aromatic hydroxyl groups is 2. The number of benzene rings is 2. The monoisotopic (exact) mass is 286 g/mol. The second-order valence-electron chi connectivity index (χ2n) is 4.92. The van der Waals surface area contributed by atoms with Gasteiger partial charge in [-0.1, -0.05) is 18.2 Å². The topological polar surface area (TPSA) is 86.8 Å². The van der Waals surface area contributed by atoms with Crippen LogP contribution < -0.4 is 5.73 Å². The Kier molecular flexibility index (Phi) is 4.03. The van der Waals surface area contributed by atoms with E-state index in [0.29, 0.717) is 11.3 Å². The number of phenolic OH excluding ortho intramolecular Hbond substituents is 2. The maximum atomic E-state index is 12.5. The molecule has 4 N–H and O–H groups in total. The summed E-state index contributed by atoms with van der Waals surface area (Å²) in [6, 6.07) is 10.8. The SMILES string of the molecule is CC(c1ccccc1O)N(C)C(=O)c1cc(O)ccc1N. The molecule has 0 saturated carbocycles. The lowest BCUT2D eigenvalue weighted by molar-refractivity contribution is 0.0742. The van der Waals surface area contributed by atoms with E-state index in [1.807, 2.05) is 6.92 Å². The van der Waals surface area contributed by atoms with Crippen LogP contribution in [-0.4, -0.2) is 28.1 Å². The Morgan fingerprint density at radius 3 is 2.52 bits per heavy atom. The number of anilines is 1. The Morgan fingerprint density at radius 2 is 1.86 bits per heavy atom. The standard InChI is InChI=1S/C16H18N2O3/c1-10(12-5-3-4-6-15(12)20)18(2)16(21)13-9-11(19)7-8-14(13)17/h3-10,19-20H,17H2,1-2H3. The van der Waals surface area contributed by atoms with Gasteiger partial charge in [-0.2, -0.15) is 0 Å². The Hall–Kier alpha value is -2.69. The smallest absolute Gasteiger partial charge is 0.256 e. The highest BCUT2D eigenvalue weighted by molar-refractivity contribution is 5.99. The van der Waals surface area contributed by atoms with Gasteiger partial charge in [0.25, 0.3) is 5.91 Å². The Labute approximate surface area is 123 Å². The molecule has 2 aromatic carbocycles. The molecule has 0 radical (unpaired) electrons. The quantitative estimate of drug-likeness (QED) is 0.597. The lowest BCUT2D eigenvalue weighted by atomic mass is 10.0. The van der Waals surface area contributed by atoms with Gasteiger partial charge in [-0.3, -0.25) is 4.79 Å². The van der Waals surface area contributed by atoms with E-state index in [1.165, 1.54) is 23.1 Å². The molecule has 0 fully saturated rings. The number of carbonyl (C=O) groups excluding carboxylic acids is 1. The van der Waals surface area contributed by atoms with Crippen LogP contribution >= 0.6 is 0 Å². The second-order valence-corrected chi connectivity index (χ2v) is 4.92. The average Bonchev–Trinajstić information content (AvgIpc) is 2.48. The van der Waals surface area contributed by atoms with Crippen molar-refractivity contribution in [3.8, 4) is 11.5 Å². The van der Waals surface area contributed by atoms with Crippen molar-refractivity contribution in [2.45, 2.75) is 13.0 Å². The van der Waals surface area contributed by atoms with Crippen molar-refractivity contribution >= 4 is 11.6 Å². The summed E-state index contributed by atoms with van der Waals surface area (Å²) >= 11 is 0. The molecule has 1 atom stereocenters. The van der Waals surface area contributed by atoms with Gasteiger partial charge in [-0.25, -0.2) is 0 Å². The van der Waals surface area contributed by atoms with E-state index in [-0.39, 0.29) is 29.0 Å². The molecule has 0 aliphatic heterocycles. The fraction of sp³-hybridized carbons (Fsp3) is 0.188. The fourth-order valence-electron chi connectivity index (χ4n) is 2.14. The van der Waals surface area contributed by atoms with Gasteiger partial charge < -0.3 is 20.8 Å². The van der Waals surface area contributed by atoms with Crippen LogP contribution in [-0.2, 0) is 0 Å². The van der Waals surface area contributed by atoms with E-state index in [9.17, 15) is 15.0 Å². The van der Waals surface area contributed by atoms with Crippen molar-refractivity contribution < 1.29 is 15.0 Å². The highest BCUT2D eigenvalue weighted by atomic mass is 16.3. The number of hydrogen-bond acceptors (Lipinski definition) is 4. The molecule has 0 bridgehead atoms. The van der Waals surface area contributed by atoms with Gasteiger partial charge in [-0.05, 0) is 31.2 Å². The van der Waals surface area contributed by atoms with E-state index in [2.05, 4.69) is 0 Å². The number of nitrogens with two attached hydrogens (primary N) is 1. The largest absolute Gasteiger partial charge is 0.508 e. The van der Waals surface area contributed by atoms with Gasteiger partial charge in [0.1, 0.15) is 11.5 Å². The number of para-hydroxylation sites is 1. The van der Waals surface area contributed by atoms with Crippen molar-refractivity contribution in [2.24, 2.45) is 0 Å². The van der Waals surface area contributed by atoms with Crippen molar-refractivity contribution in [1.82, 2.24) is 4.90 Å². The summed E-state index contributed by atoms with van der Waals surface area (Å²) in [5.74, 6) is -0.205. The maximum absolute atomic E-state index is 12.5. The van der Waals surface area contributed by atoms with Gasteiger partial charge >= 0.3 is 0 Å². The number of nitrogen functional groups attached to an aromatic ring is 1. The van der Waals surface area contributed by atoms with Gasteiger partial charge in [0.2, 0.25) is 0 Å². The number of rotatable bonds is 3. The highest BCUT2D eigenvalue weighted by Crippen LogP contribution is 2.29. The number of hydrogen-bond donors (Lipinski definition) is 3. The molecule has 21 heavy (non-hydrogen) atoms. The molecule has 1 unspecified atom stereocenters. The van der Waals surface area contributed by atoms with Crippen molar-refractivity contribution in [3.05, 3.63) is 53.6 Å². The summed E-state index contributed by atoms with van der Waals surface area (Å²) in [6.45, 7) is 1.81.